The highest BCUT2D eigenvalue weighted by Crippen LogP contribution is 2.28. The average molecular weight is 331 g/mol. The molecule has 1 atom stereocenters. The monoisotopic (exact) mass is 331 g/mol. The van der Waals surface area contributed by atoms with Gasteiger partial charge in [-0.2, -0.15) is 5.10 Å². The van der Waals surface area contributed by atoms with Gasteiger partial charge < -0.3 is 10.3 Å². The van der Waals surface area contributed by atoms with E-state index in [9.17, 15) is 0 Å². The summed E-state index contributed by atoms with van der Waals surface area (Å²) in [6.45, 7) is 3.46. The van der Waals surface area contributed by atoms with Gasteiger partial charge in [0.15, 0.2) is 0 Å². The van der Waals surface area contributed by atoms with E-state index >= 15 is 0 Å². The first-order chi connectivity index (χ1) is 12.3. The fourth-order valence-electron chi connectivity index (χ4n) is 3.34. The number of aryl methyl sites for hydroxylation is 1. The lowest BCUT2D eigenvalue weighted by atomic mass is 10.0. The number of fused-ring (bicyclic) bond motifs is 1. The van der Waals surface area contributed by atoms with Gasteiger partial charge in [-0.15, -0.1) is 0 Å². The topological polar surface area (TPSA) is 72.5 Å². The number of para-hydroxylation sites is 2. The number of nitrogens with zero attached hydrogens (tertiary/aromatic N) is 3. The minimum absolute atomic E-state index is 0.0164. The summed E-state index contributed by atoms with van der Waals surface area (Å²) >= 11 is 0. The van der Waals surface area contributed by atoms with Crippen molar-refractivity contribution in [3.8, 4) is 11.3 Å². The van der Waals surface area contributed by atoms with Gasteiger partial charge in [-0.1, -0.05) is 42.5 Å². The molecule has 4 rings (SSSR count). The van der Waals surface area contributed by atoms with Crippen molar-refractivity contribution in [2.75, 3.05) is 6.54 Å². The second kappa shape index (κ2) is 6.53. The van der Waals surface area contributed by atoms with Crippen LogP contribution in [-0.2, 0) is 6.54 Å². The Morgan fingerprint density at radius 1 is 1.08 bits per heavy atom. The number of nitrogens with one attached hydrogen (secondary N) is 1. The van der Waals surface area contributed by atoms with Gasteiger partial charge in [0, 0.05) is 24.3 Å². The van der Waals surface area contributed by atoms with E-state index in [1.54, 1.807) is 0 Å². The van der Waals surface area contributed by atoms with Gasteiger partial charge in [0.1, 0.15) is 5.82 Å². The molecule has 1 unspecified atom stereocenters. The van der Waals surface area contributed by atoms with Crippen LogP contribution >= 0.6 is 0 Å². The van der Waals surface area contributed by atoms with Crippen LogP contribution in [0.3, 0.4) is 0 Å². The molecule has 126 valence electrons. The minimum Gasteiger partial charge on any atom is -0.329 e. The smallest absolute Gasteiger partial charge is 0.120 e. The summed E-state index contributed by atoms with van der Waals surface area (Å²) in [6.07, 6.45) is 0. The maximum Gasteiger partial charge on any atom is 0.120 e. The zero-order chi connectivity index (χ0) is 17.2. The Kier molecular flexibility index (Phi) is 4.07. The molecule has 0 radical (unpaired) electrons. The Bertz CT molecular complexity index is 984. The van der Waals surface area contributed by atoms with Crippen LogP contribution in [-0.4, -0.2) is 26.3 Å². The number of rotatable bonds is 5. The van der Waals surface area contributed by atoms with Crippen LogP contribution in [0.1, 0.15) is 24.4 Å². The molecule has 2 heterocycles. The van der Waals surface area contributed by atoms with Crippen molar-refractivity contribution in [2.24, 2.45) is 5.73 Å². The number of aromatic nitrogens is 4. The lowest BCUT2D eigenvalue weighted by Gasteiger charge is -2.14. The van der Waals surface area contributed by atoms with Crippen LogP contribution in [0.5, 0.6) is 0 Å². The summed E-state index contributed by atoms with van der Waals surface area (Å²) in [5.74, 6) is 0.965. The van der Waals surface area contributed by atoms with Gasteiger partial charge in [0.05, 0.1) is 22.6 Å². The standard InChI is InChI=1S/C20H21N5/c1-2-25-19-11-7-6-10-16(19)22-20(25)15(13-21)18-12-17(23-24-18)14-8-4-3-5-9-14/h3-12,15H,2,13,21H2,1H3,(H,23,24). The maximum atomic E-state index is 6.13. The van der Waals surface area contributed by atoms with Crippen molar-refractivity contribution in [1.29, 1.82) is 0 Å². The number of imidazole rings is 1. The lowest BCUT2D eigenvalue weighted by molar-refractivity contribution is 0.648. The van der Waals surface area contributed by atoms with Crippen LogP contribution in [0, 0.1) is 0 Å². The molecule has 5 nitrogen and oxygen atoms in total. The predicted molar refractivity (Wildman–Crippen MR) is 100 cm³/mol. The minimum atomic E-state index is -0.0164. The molecule has 0 saturated carbocycles. The molecule has 5 heteroatoms. The molecular formula is C20H21N5. The van der Waals surface area contributed by atoms with Gasteiger partial charge >= 0.3 is 0 Å². The molecule has 0 amide bonds. The highest BCUT2D eigenvalue weighted by molar-refractivity contribution is 5.76. The summed E-state index contributed by atoms with van der Waals surface area (Å²) in [4.78, 5) is 4.85. The third kappa shape index (κ3) is 2.72. The average Bonchev–Trinajstić information content (AvgIpc) is 3.28. The SMILES string of the molecule is CCn1c(C(CN)c2cc(-c3ccccc3)n[nH]2)nc2ccccc21. The maximum absolute atomic E-state index is 6.13. The summed E-state index contributed by atoms with van der Waals surface area (Å²) in [5, 5.41) is 7.64. The molecule has 0 fully saturated rings. The first kappa shape index (κ1) is 15.6. The molecule has 0 aliphatic carbocycles. The second-order valence-corrected chi connectivity index (χ2v) is 6.07. The molecule has 0 aliphatic heterocycles. The Balaban J connectivity index is 1.78. The van der Waals surface area contributed by atoms with E-state index in [2.05, 4.69) is 46.0 Å². The zero-order valence-electron chi connectivity index (χ0n) is 14.2. The molecule has 25 heavy (non-hydrogen) atoms. The van der Waals surface area contributed by atoms with Crippen molar-refractivity contribution in [2.45, 2.75) is 19.4 Å². The van der Waals surface area contributed by atoms with Crippen LogP contribution < -0.4 is 5.73 Å². The van der Waals surface area contributed by atoms with E-state index in [0.717, 1.165) is 40.4 Å². The molecule has 2 aromatic heterocycles. The number of hydrogen-bond donors (Lipinski definition) is 2. The van der Waals surface area contributed by atoms with Crippen molar-refractivity contribution < 1.29 is 0 Å². The Morgan fingerprint density at radius 2 is 1.84 bits per heavy atom. The number of aromatic amines is 1. The molecule has 3 N–H and O–H groups in total. The van der Waals surface area contributed by atoms with E-state index < -0.39 is 0 Å². The summed E-state index contributed by atoms with van der Waals surface area (Å²) in [7, 11) is 0. The third-order valence-corrected chi connectivity index (χ3v) is 4.59. The Morgan fingerprint density at radius 3 is 2.60 bits per heavy atom. The van der Waals surface area contributed by atoms with Gasteiger partial charge in [-0.05, 0) is 25.1 Å². The largest absolute Gasteiger partial charge is 0.329 e. The van der Waals surface area contributed by atoms with Crippen molar-refractivity contribution in [1.82, 2.24) is 19.7 Å². The van der Waals surface area contributed by atoms with Crippen molar-refractivity contribution in [3.63, 3.8) is 0 Å². The quantitative estimate of drug-likeness (QED) is 0.587. The number of hydrogen-bond acceptors (Lipinski definition) is 3. The molecule has 0 bridgehead atoms. The van der Waals surface area contributed by atoms with Crippen LogP contribution in [0.2, 0.25) is 0 Å². The Labute approximate surface area is 146 Å². The fraction of sp³-hybridized carbons (Fsp3) is 0.200. The zero-order valence-corrected chi connectivity index (χ0v) is 14.2. The number of benzene rings is 2. The van der Waals surface area contributed by atoms with Crippen LogP contribution in [0.25, 0.3) is 22.3 Å². The summed E-state index contributed by atoms with van der Waals surface area (Å²) in [6, 6.07) is 20.4. The van der Waals surface area contributed by atoms with E-state index in [0.29, 0.717) is 6.54 Å². The second-order valence-electron chi connectivity index (χ2n) is 6.07. The molecule has 0 aliphatic rings. The van der Waals surface area contributed by atoms with Crippen LogP contribution in [0.15, 0.2) is 60.7 Å². The summed E-state index contributed by atoms with van der Waals surface area (Å²) < 4.78 is 2.23. The van der Waals surface area contributed by atoms with E-state index in [1.165, 1.54) is 0 Å². The molecule has 4 aromatic rings. The molecule has 0 spiro atoms. The normalized spacial score (nSPS) is 12.6. The first-order valence-electron chi connectivity index (χ1n) is 8.57. The van der Waals surface area contributed by atoms with E-state index in [-0.39, 0.29) is 5.92 Å². The molecule has 0 saturated heterocycles. The molecule has 2 aromatic carbocycles. The predicted octanol–water partition coefficient (Wildman–Crippen LogP) is 3.54. The number of H-pyrrole nitrogens is 1. The Hall–Kier alpha value is -2.92. The summed E-state index contributed by atoms with van der Waals surface area (Å²) in [5.41, 5.74) is 11.3. The highest BCUT2D eigenvalue weighted by atomic mass is 15.1. The van der Waals surface area contributed by atoms with Gasteiger partial charge in [-0.25, -0.2) is 4.98 Å². The first-order valence-corrected chi connectivity index (χ1v) is 8.57. The van der Waals surface area contributed by atoms with Gasteiger partial charge in [-0.3, -0.25) is 5.10 Å². The van der Waals surface area contributed by atoms with Gasteiger partial charge in [0.2, 0.25) is 0 Å². The van der Waals surface area contributed by atoms with Gasteiger partial charge in [0.25, 0.3) is 0 Å². The van der Waals surface area contributed by atoms with E-state index in [4.69, 9.17) is 10.7 Å². The fourth-order valence-corrected chi connectivity index (χ4v) is 3.34. The molecular weight excluding hydrogens is 310 g/mol. The van der Waals surface area contributed by atoms with Crippen LogP contribution in [0.4, 0.5) is 0 Å². The van der Waals surface area contributed by atoms with Crippen molar-refractivity contribution >= 4 is 11.0 Å². The third-order valence-electron chi connectivity index (χ3n) is 4.59. The van der Waals surface area contributed by atoms with E-state index in [1.807, 2.05) is 36.4 Å². The highest BCUT2D eigenvalue weighted by Gasteiger charge is 2.22. The number of nitrogens with two attached hydrogens (primary N) is 1. The lowest BCUT2D eigenvalue weighted by Crippen LogP contribution is -2.19. The van der Waals surface area contributed by atoms with Crippen molar-refractivity contribution in [3.05, 3.63) is 72.2 Å².